The quantitative estimate of drug-likeness (QED) is 0.857. The number of amides is 2. The largest absolute Gasteiger partial charge is 0.326 e. The lowest BCUT2D eigenvalue weighted by Gasteiger charge is -2.18. The molecule has 1 heterocycles. The number of rotatable bonds is 4. The molecular weight excluding hydrogens is 382 g/mol. The molecule has 6 heteroatoms. The number of hydrogen-bond acceptors (Lipinski definition) is 3. The molecule has 0 spiro atoms. The van der Waals surface area contributed by atoms with E-state index in [9.17, 15) is 9.59 Å². The first-order chi connectivity index (χ1) is 12.1. The van der Waals surface area contributed by atoms with Crippen molar-refractivity contribution in [3.63, 3.8) is 0 Å². The molecule has 0 aliphatic carbocycles. The maximum absolute atomic E-state index is 12.5. The molecule has 5 nitrogen and oxygen atoms in total. The number of benzene rings is 2. The zero-order valence-electron chi connectivity index (χ0n) is 13.4. The standard InChI is InChI=1S/C19H16BrN3O2/c20-16-3-1-2-4-17(16)23-12-14(11-18(23)24)19(25)22-15-7-5-13(6-8-15)9-10-21/h1-8,14H,9,11-12H2,(H,22,25). The van der Waals surface area contributed by atoms with E-state index in [2.05, 4.69) is 27.3 Å². The summed E-state index contributed by atoms with van der Waals surface area (Å²) in [4.78, 5) is 26.4. The van der Waals surface area contributed by atoms with Gasteiger partial charge in [-0.05, 0) is 45.8 Å². The Morgan fingerprint density at radius 3 is 2.64 bits per heavy atom. The van der Waals surface area contributed by atoms with Gasteiger partial charge in [-0.15, -0.1) is 0 Å². The summed E-state index contributed by atoms with van der Waals surface area (Å²) in [5, 5.41) is 11.5. The van der Waals surface area contributed by atoms with Crippen LogP contribution in [0.5, 0.6) is 0 Å². The number of nitrogens with one attached hydrogen (secondary N) is 1. The number of hydrogen-bond donors (Lipinski definition) is 1. The van der Waals surface area contributed by atoms with Crippen LogP contribution < -0.4 is 10.2 Å². The number of halogens is 1. The van der Waals surface area contributed by atoms with E-state index in [4.69, 9.17) is 5.26 Å². The zero-order chi connectivity index (χ0) is 17.8. The number of carbonyl (C=O) groups excluding carboxylic acids is 2. The summed E-state index contributed by atoms with van der Waals surface area (Å²) in [6.07, 6.45) is 0.534. The Hall–Kier alpha value is -2.65. The van der Waals surface area contributed by atoms with Gasteiger partial charge in [0.1, 0.15) is 0 Å². The number of carbonyl (C=O) groups is 2. The first-order valence-corrected chi connectivity index (χ1v) is 8.69. The van der Waals surface area contributed by atoms with E-state index in [0.29, 0.717) is 18.7 Å². The van der Waals surface area contributed by atoms with Crippen molar-refractivity contribution in [1.82, 2.24) is 0 Å². The van der Waals surface area contributed by atoms with Crippen molar-refractivity contribution in [2.24, 2.45) is 5.92 Å². The molecule has 0 bridgehead atoms. The minimum Gasteiger partial charge on any atom is -0.326 e. The van der Waals surface area contributed by atoms with Gasteiger partial charge in [0.2, 0.25) is 11.8 Å². The van der Waals surface area contributed by atoms with Crippen molar-refractivity contribution >= 4 is 39.1 Å². The molecule has 1 N–H and O–H groups in total. The number of nitrogens with zero attached hydrogens (tertiary/aromatic N) is 2. The van der Waals surface area contributed by atoms with Crippen molar-refractivity contribution in [2.45, 2.75) is 12.8 Å². The third-order valence-electron chi connectivity index (χ3n) is 4.14. The molecule has 1 unspecified atom stereocenters. The summed E-state index contributed by atoms with van der Waals surface area (Å²) in [5.74, 6) is -0.620. The first-order valence-electron chi connectivity index (χ1n) is 7.90. The van der Waals surface area contributed by atoms with E-state index in [1.54, 1.807) is 17.0 Å². The lowest BCUT2D eigenvalue weighted by Crippen LogP contribution is -2.28. The SMILES string of the molecule is N#CCc1ccc(NC(=O)C2CC(=O)N(c3ccccc3Br)C2)cc1. The second-order valence-electron chi connectivity index (χ2n) is 5.88. The molecule has 25 heavy (non-hydrogen) atoms. The highest BCUT2D eigenvalue weighted by molar-refractivity contribution is 9.10. The number of nitriles is 1. The van der Waals surface area contributed by atoms with Crippen LogP contribution >= 0.6 is 15.9 Å². The molecular formula is C19H16BrN3O2. The third-order valence-corrected chi connectivity index (χ3v) is 4.81. The summed E-state index contributed by atoms with van der Waals surface area (Å²) < 4.78 is 0.831. The van der Waals surface area contributed by atoms with Crippen molar-refractivity contribution in [3.05, 3.63) is 58.6 Å². The van der Waals surface area contributed by atoms with E-state index in [0.717, 1.165) is 15.7 Å². The maximum atomic E-state index is 12.5. The molecule has 0 aromatic heterocycles. The van der Waals surface area contributed by atoms with Crippen LogP contribution in [0.25, 0.3) is 0 Å². The molecule has 0 saturated carbocycles. The predicted octanol–water partition coefficient (Wildman–Crippen LogP) is 3.51. The maximum Gasteiger partial charge on any atom is 0.229 e. The van der Waals surface area contributed by atoms with Gasteiger partial charge in [-0.1, -0.05) is 24.3 Å². The molecule has 1 aliphatic heterocycles. The Labute approximate surface area is 154 Å². The highest BCUT2D eigenvalue weighted by Crippen LogP contribution is 2.31. The molecule has 126 valence electrons. The van der Waals surface area contributed by atoms with Gasteiger partial charge in [0.15, 0.2) is 0 Å². The Bertz CT molecular complexity index is 842. The monoisotopic (exact) mass is 397 g/mol. The van der Waals surface area contributed by atoms with E-state index >= 15 is 0 Å². The summed E-state index contributed by atoms with van der Waals surface area (Å²) >= 11 is 3.45. The summed E-state index contributed by atoms with van der Waals surface area (Å²) in [5.41, 5.74) is 2.35. The molecule has 2 aromatic rings. The van der Waals surface area contributed by atoms with E-state index in [1.807, 2.05) is 36.4 Å². The van der Waals surface area contributed by atoms with Gasteiger partial charge in [0, 0.05) is 23.1 Å². The second-order valence-corrected chi connectivity index (χ2v) is 6.73. The minimum atomic E-state index is -0.390. The number of para-hydroxylation sites is 1. The van der Waals surface area contributed by atoms with Crippen LogP contribution in [0.15, 0.2) is 53.0 Å². The van der Waals surface area contributed by atoms with Gasteiger partial charge in [-0.2, -0.15) is 5.26 Å². The fourth-order valence-corrected chi connectivity index (χ4v) is 3.33. The van der Waals surface area contributed by atoms with E-state index < -0.39 is 5.92 Å². The van der Waals surface area contributed by atoms with Crippen LogP contribution in [0, 0.1) is 17.2 Å². The fourth-order valence-electron chi connectivity index (χ4n) is 2.83. The molecule has 3 rings (SSSR count). The second kappa shape index (κ2) is 7.49. The average molecular weight is 398 g/mol. The number of anilines is 2. The molecule has 0 radical (unpaired) electrons. The topological polar surface area (TPSA) is 73.2 Å². The fraction of sp³-hybridized carbons (Fsp3) is 0.211. The van der Waals surface area contributed by atoms with Gasteiger partial charge >= 0.3 is 0 Å². The van der Waals surface area contributed by atoms with Gasteiger partial charge < -0.3 is 10.2 Å². The highest BCUT2D eigenvalue weighted by atomic mass is 79.9. The Morgan fingerprint density at radius 1 is 1.24 bits per heavy atom. The molecule has 1 aliphatic rings. The summed E-state index contributed by atoms with van der Waals surface area (Å²) in [6.45, 7) is 0.361. The van der Waals surface area contributed by atoms with Crippen LogP contribution in [-0.4, -0.2) is 18.4 Å². The van der Waals surface area contributed by atoms with E-state index in [-0.39, 0.29) is 18.2 Å². The Morgan fingerprint density at radius 2 is 1.96 bits per heavy atom. The van der Waals surface area contributed by atoms with Gasteiger partial charge in [0.05, 0.1) is 24.1 Å². The van der Waals surface area contributed by atoms with Crippen LogP contribution in [0.2, 0.25) is 0 Å². The minimum absolute atomic E-state index is 0.0589. The van der Waals surface area contributed by atoms with Crippen molar-refractivity contribution in [3.8, 4) is 6.07 Å². The first kappa shape index (κ1) is 17.2. The average Bonchev–Trinajstić information content (AvgIpc) is 2.99. The molecule has 1 saturated heterocycles. The van der Waals surface area contributed by atoms with Crippen LogP contribution in [0.3, 0.4) is 0 Å². The normalized spacial score (nSPS) is 16.6. The van der Waals surface area contributed by atoms with E-state index in [1.165, 1.54) is 0 Å². The van der Waals surface area contributed by atoms with Crippen molar-refractivity contribution < 1.29 is 9.59 Å². The molecule has 1 fully saturated rings. The highest BCUT2D eigenvalue weighted by Gasteiger charge is 2.35. The van der Waals surface area contributed by atoms with Crippen LogP contribution in [-0.2, 0) is 16.0 Å². The lowest BCUT2D eigenvalue weighted by molar-refractivity contribution is -0.122. The predicted molar refractivity (Wildman–Crippen MR) is 99.0 cm³/mol. The molecule has 2 amide bonds. The third kappa shape index (κ3) is 3.89. The van der Waals surface area contributed by atoms with Crippen LogP contribution in [0.4, 0.5) is 11.4 Å². The molecule has 2 aromatic carbocycles. The summed E-state index contributed by atoms with van der Waals surface area (Å²) in [7, 11) is 0. The van der Waals surface area contributed by atoms with Crippen LogP contribution in [0.1, 0.15) is 12.0 Å². The molecule has 1 atom stereocenters. The lowest BCUT2D eigenvalue weighted by atomic mass is 10.1. The summed E-state index contributed by atoms with van der Waals surface area (Å²) in [6, 6.07) is 16.7. The van der Waals surface area contributed by atoms with Gasteiger partial charge in [-0.3, -0.25) is 9.59 Å². The van der Waals surface area contributed by atoms with Crippen molar-refractivity contribution in [1.29, 1.82) is 5.26 Å². The smallest absolute Gasteiger partial charge is 0.229 e. The van der Waals surface area contributed by atoms with Gasteiger partial charge in [-0.25, -0.2) is 0 Å². The van der Waals surface area contributed by atoms with Crippen molar-refractivity contribution in [2.75, 3.05) is 16.8 Å². The Balaban J connectivity index is 1.67. The zero-order valence-corrected chi connectivity index (χ0v) is 15.0. The Kier molecular flexibility index (Phi) is 5.15. The van der Waals surface area contributed by atoms with Gasteiger partial charge in [0.25, 0.3) is 0 Å².